The summed E-state index contributed by atoms with van der Waals surface area (Å²) in [5.74, 6) is 0.838. The van der Waals surface area contributed by atoms with E-state index in [0.29, 0.717) is 6.10 Å². The third-order valence-electron chi connectivity index (χ3n) is 3.40. The summed E-state index contributed by atoms with van der Waals surface area (Å²) in [5, 5.41) is 0. The van der Waals surface area contributed by atoms with Gasteiger partial charge in [-0.2, -0.15) is 0 Å². The van der Waals surface area contributed by atoms with Gasteiger partial charge in [0.2, 0.25) is 0 Å². The molecule has 0 N–H and O–H groups in total. The Bertz CT molecular complexity index is 218. The summed E-state index contributed by atoms with van der Waals surface area (Å²) in [4.78, 5) is 2.53. The molecule has 0 amide bonds. The average molecular weight is 209 g/mol. The largest absolute Gasteiger partial charge is 0.373 e. The van der Waals surface area contributed by atoms with Gasteiger partial charge in [0.1, 0.15) is 0 Å². The third kappa shape index (κ3) is 3.35. The molecule has 1 atom stereocenters. The molecule has 3 aliphatic heterocycles. The summed E-state index contributed by atoms with van der Waals surface area (Å²) in [7, 11) is 0. The Hall–Kier alpha value is -0.275. The van der Waals surface area contributed by atoms with Gasteiger partial charge in [-0.15, -0.1) is 0 Å². The Labute approximate surface area is 95.2 Å². The molecular weight excluding hydrogens is 185 g/mol. The van der Waals surface area contributed by atoms with Crippen molar-refractivity contribution < 1.29 is 4.74 Å². The van der Waals surface area contributed by atoms with Crippen LogP contribution in [0.25, 0.3) is 0 Å². The molecule has 0 saturated carbocycles. The van der Waals surface area contributed by atoms with Crippen LogP contribution in [0, 0.1) is 5.92 Å². The summed E-state index contributed by atoms with van der Waals surface area (Å²) in [6.07, 6.45) is 5.38. The van der Waals surface area contributed by atoms with Gasteiger partial charge in [-0.25, -0.2) is 0 Å². The van der Waals surface area contributed by atoms with Crippen LogP contribution in [0.5, 0.6) is 0 Å². The lowest BCUT2D eigenvalue weighted by atomic mass is 9.86. The predicted molar refractivity (Wildman–Crippen MR) is 68.3 cm³/mol. The van der Waals surface area contributed by atoms with E-state index >= 15 is 0 Å². The molecule has 0 aromatic rings. The number of hydrogen-bond donors (Lipinski definition) is 0. The SMILES string of the molecule is B.CC(C)=CCO[C@H]1CN2CCC1CC2. The van der Waals surface area contributed by atoms with Crippen LogP contribution in [0.1, 0.15) is 26.7 Å². The standard InChI is InChI=1S/C12H21NO.BH3/c1-10(2)5-8-14-12-9-13-6-3-11(12)4-7-13;/h5,11-12H,3-4,6-9H2,1-2H3;1H3/t12-;/m0./s1. The lowest BCUT2D eigenvalue weighted by Gasteiger charge is -2.44. The van der Waals surface area contributed by atoms with Gasteiger partial charge < -0.3 is 9.64 Å². The lowest BCUT2D eigenvalue weighted by Crippen LogP contribution is -2.51. The Kier molecular flexibility index (Phi) is 4.87. The van der Waals surface area contributed by atoms with Crippen LogP contribution >= 0.6 is 0 Å². The number of allylic oxidation sites excluding steroid dienone is 1. The van der Waals surface area contributed by atoms with Gasteiger partial charge in [0.25, 0.3) is 0 Å². The topological polar surface area (TPSA) is 12.5 Å². The number of piperidine rings is 3. The maximum Gasteiger partial charge on any atom is 0.0814 e. The van der Waals surface area contributed by atoms with E-state index in [2.05, 4.69) is 24.8 Å². The van der Waals surface area contributed by atoms with Crippen LogP contribution in [0.3, 0.4) is 0 Å². The highest BCUT2D eigenvalue weighted by Crippen LogP contribution is 2.29. The first-order valence-electron chi connectivity index (χ1n) is 5.73. The molecule has 3 saturated heterocycles. The van der Waals surface area contributed by atoms with Gasteiger partial charge >= 0.3 is 0 Å². The second-order valence-electron chi connectivity index (χ2n) is 4.79. The molecule has 0 aliphatic carbocycles. The number of nitrogens with zero attached hydrogens (tertiary/aromatic N) is 1. The monoisotopic (exact) mass is 209 g/mol. The molecule has 0 radical (unpaired) electrons. The second-order valence-corrected chi connectivity index (χ2v) is 4.79. The van der Waals surface area contributed by atoms with Crippen LogP contribution in [0.2, 0.25) is 0 Å². The maximum atomic E-state index is 5.91. The first-order valence-corrected chi connectivity index (χ1v) is 5.73. The summed E-state index contributed by atoms with van der Waals surface area (Å²) >= 11 is 0. The Morgan fingerprint density at radius 2 is 2.00 bits per heavy atom. The fourth-order valence-electron chi connectivity index (χ4n) is 2.44. The van der Waals surface area contributed by atoms with Crippen LogP contribution in [-0.4, -0.2) is 45.7 Å². The van der Waals surface area contributed by atoms with Crippen LogP contribution < -0.4 is 0 Å². The van der Waals surface area contributed by atoms with Crippen LogP contribution in [0.4, 0.5) is 0 Å². The van der Waals surface area contributed by atoms with E-state index in [1.54, 1.807) is 0 Å². The average Bonchev–Trinajstić information content (AvgIpc) is 2.19. The minimum Gasteiger partial charge on any atom is -0.373 e. The molecule has 3 fully saturated rings. The van der Waals surface area contributed by atoms with Gasteiger partial charge in [0.05, 0.1) is 21.1 Å². The fourth-order valence-corrected chi connectivity index (χ4v) is 2.44. The van der Waals surface area contributed by atoms with E-state index in [1.165, 1.54) is 38.0 Å². The van der Waals surface area contributed by atoms with Crippen molar-refractivity contribution in [2.75, 3.05) is 26.2 Å². The molecule has 3 heteroatoms. The van der Waals surface area contributed by atoms with Crippen molar-refractivity contribution in [3.05, 3.63) is 11.6 Å². The Morgan fingerprint density at radius 1 is 1.33 bits per heavy atom. The molecule has 0 spiro atoms. The van der Waals surface area contributed by atoms with Crippen LogP contribution in [-0.2, 0) is 4.74 Å². The molecule has 3 aliphatic rings. The normalized spacial score (nSPS) is 33.3. The molecule has 3 heterocycles. The number of ether oxygens (including phenoxy) is 1. The van der Waals surface area contributed by atoms with E-state index in [0.717, 1.165) is 12.5 Å². The minimum atomic E-state index is 0. The Balaban J connectivity index is 0.00000112. The third-order valence-corrected chi connectivity index (χ3v) is 3.40. The highest BCUT2D eigenvalue weighted by molar-refractivity contribution is 5.75. The van der Waals surface area contributed by atoms with Crippen molar-refractivity contribution in [3.8, 4) is 0 Å². The number of fused-ring (bicyclic) bond motifs is 3. The van der Waals surface area contributed by atoms with Gasteiger partial charge in [0, 0.05) is 6.54 Å². The molecule has 0 unspecified atom stereocenters. The maximum absolute atomic E-state index is 5.91. The van der Waals surface area contributed by atoms with E-state index in [1.807, 2.05) is 0 Å². The van der Waals surface area contributed by atoms with Gasteiger partial charge in [-0.3, -0.25) is 0 Å². The molecule has 15 heavy (non-hydrogen) atoms. The Morgan fingerprint density at radius 3 is 2.47 bits per heavy atom. The zero-order valence-corrected chi connectivity index (χ0v) is 9.33. The van der Waals surface area contributed by atoms with Crippen molar-refractivity contribution in [1.82, 2.24) is 4.90 Å². The smallest absolute Gasteiger partial charge is 0.0814 e. The van der Waals surface area contributed by atoms with E-state index in [4.69, 9.17) is 4.74 Å². The molecule has 86 valence electrons. The quantitative estimate of drug-likeness (QED) is 0.505. The zero-order chi connectivity index (χ0) is 9.97. The molecule has 0 aromatic carbocycles. The van der Waals surface area contributed by atoms with E-state index in [9.17, 15) is 0 Å². The van der Waals surface area contributed by atoms with Crippen molar-refractivity contribution in [3.63, 3.8) is 0 Å². The van der Waals surface area contributed by atoms with E-state index in [-0.39, 0.29) is 8.41 Å². The van der Waals surface area contributed by atoms with Crippen molar-refractivity contribution >= 4 is 8.41 Å². The molecule has 2 nitrogen and oxygen atoms in total. The fraction of sp³-hybridized carbons (Fsp3) is 0.833. The molecular formula is C12H24BNO. The molecule has 0 aromatic heterocycles. The minimum absolute atomic E-state index is 0. The predicted octanol–water partition coefficient (Wildman–Crippen LogP) is 0.879. The lowest BCUT2D eigenvalue weighted by molar-refractivity contribution is -0.0604. The summed E-state index contributed by atoms with van der Waals surface area (Å²) in [6, 6.07) is 0. The first kappa shape index (κ1) is 12.8. The zero-order valence-electron chi connectivity index (χ0n) is 9.33. The highest BCUT2D eigenvalue weighted by Gasteiger charge is 2.34. The second kappa shape index (κ2) is 5.71. The molecule has 2 bridgehead atoms. The number of hydrogen-bond acceptors (Lipinski definition) is 2. The van der Waals surface area contributed by atoms with E-state index < -0.39 is 0 Å². The van der Waals surface area contributed by atoms with Crippen molar-refractivity contribution in [2.24, 2.45) is 5.92 Å². The van der Waals surface area contributed by atoms with Gasteiger partial charge in [-0.1, -0.05) is 11.6 Å². The first-order chi connectivity index (χ1) is 6.75. The highest BCUT2D eigenvalue weighted by atomic mass is 16.5. The van der Waals surface area contributed by atoms with Gasteiger partial charge in [-0.05, 0) is 45.7 Å². The molecule has 3 rings (SSSR count). The summed E-state index contributed by atoms with van der Waals surface area (Å²) in [5.41, 5.74) is 1.35. The van der Waals surface area contributed by atoms with Crippen molar-refractivity contribution in [1.29, 1.82) is 0 Å². The van der Waals surface area contributed by atoms with Crippen LogP contribution in [0.15, 0.2) is 11.6 Å². The number of rotatable bonds is 3. The van der Waals surface area contributed by atoms with Crippen molar-refractivity contribution in [2.45, 2.75) is 32.8 Å². The summed E-state index contributed by atoms with van der Waals surface area (Å²) in [6.45, 7) is 8.82. The summed E-state index contributed by atoms with van der Waals surface area (Å²) < 4.78 is 5.91. The van der Waals surface area contributed by atoms with Gasteiger partial charge in [0.15, 0.2) is 0 Å².